The van der Waals surface area contributed by atoms with E-state index >= 15 is 0 Å². The van der Waals surface area contributed by atoms with Crippen molar-refractivity contribution in [2.45, 2.75) is 6.36 Å². The van der Waals surface area contributed by atoms with Crippen LogP contribution in [0, 0.1) is 0 Å². The fraction of sp³-hybridized carbons (Fsp3) is 0.0769. The third-order valence-electron chi connectivity index (χ3n) is 2.13. The summed E-state index contributed by atoms with van der Waals surface area (Å²) < 4.78 is 40.0. The van der Waals surface area contributed by atoms with Gasteiger partial charge in [-0.15, -0.1) is 13.2 Å². The van der Waals surface area contributed by atoms with Gasteiger partial charge in [-0.3, -0.25) is 0 Å². The van der Waals surface area contributed by atoms with Crippen molar-refractivity contribution in [3.63, 3.8) is 0 Å². The molecule has 18 heavy (non-hydrogen) atoms. The summed E-state index contributed by atoms with van der Waals surface area (Å²) in [4.78, 5) is 0. The second-order valence-corrected chi connectivity index (χ2v) is 3.57. The number of halogens is 3. The second-order valence-electron chi connectivity index (χ2n) is 3.57. The monoisotopic (exact) mass is 253 g/mol. The van der Waals surface area contributed by atoms with Crippen LogP contribution < -0.4 is 10.1 Å². The minimum Gasteiger partial charge on any atom is -0.406 e. The number of para-hydroxylation sites is 1. The summed E-state index contributed by atoms with van der Waals surface area (Å²) in [5.41, 5.74) is 1.32. The van der Waals surface area contributed by atoms with Gasteiger partial charge in [-0.25, -0.2) is 0 Å². The molecule has 2 aromatic carbocycles. The van der Waals surface area contributed by atoms with Crippen LogP contribution in [0.4, 0.5) is 24.5 Å². The Hall–Kier alpha value is -2.17. The first-order chi connectivity index (χ1) is 8.53. The molecule has 2 aromatic rings. The summed E-state index contributed by atoms with van der Waals surface area (Å²) in [5.74, 6) is -0.247. The first-order valence-electron chi connectivity index (χ1n) is 5.21. The number of nitrogens with one attached hydrogen (secondary N) is 1. The van der Waals surface area contributed by atoms with Crippen LogP contribution in [-0.4, -0.2) is 6.36 Å². The van der Waals surface area contributed by atoms with Crippen LogP contribution in [0.15, 0.2) is 54.6 Å². The van der Waals surface area contributed by atoms with Gasteiger partial charge in [0.1, 0.15) is 5.75 Å². The van der Waals surface area contributed by atoms with Crippen LogP contribution in [-0.2, 0) is 0 Å². The van der Waals surface area contributed by atoms with Crippen molar-refractivity contribution in [3.05, 3.63) is 54.6 Å². The fourth-order valence-corrected chi connectivity index (χ4v) is 1.46. The molecule has 1 N–H and O–H groups in total. The third-order valence-corrected chi connectivity index (χ3v) is 2.13. The average Bonchev–Trinajstić information content (AvgIpc) is 2.28. The molecule has 0 saturated heterocycles. The summed E-state index contributed by atoms with van der Waals surface area (Å²) in [6.45, 7) is 0. The number of alkyl halides is 3. The minimum absolute atomic E-state index is 0.247. The Morgan fingerprint density at radius 1 is 0.833 bits per heavy atom. The van der Waals surface area contributed by atoms with E-state index in [9.17, 15) is 13.2 Å². The van der Waals surface area contributed by atoms with E-state index in [-0.39, 0.29) is 5.75 Å². The summed E-state index contributed by atoms with van der Waals surface area (Å²) >= 11 is 0. The first-order valence-corrected chi connectivity index (χ1v) is 5.21. The summed E-state index contributed by atoms with van der Waals surface area (Å²) in [7, 11) is 0. The van der Waals surface area contributed by atoms with Gasteiger partial charge in [-0.1, -0.05) is 24.3 Å². The zero-order chi connectivity index (χ0) is 13.0. The molecule has 2 nitrogen and oxygen atoms in total. The average molecular weight is 253 g/mol. The largest absolute Gasteiger partial charge is 0.573 e. The minimum atomic E-state index is -4.68. The second kappa shape index (κ2) is 5.00. The van der Waals surface area contributed by atoms with Crippen molar-refractivity contribution in [3.8, 4) is 5.75 Å². The lowest BCUT2D eigenvalue weighted by Crippen LogP contribution is -2.17. The first kappa shape index (κ1) is 12.3. The number of hydrogen-bond donors (Lipinski definition) is 1. The van der Waals surface area contributed by atoms with E-state index in [1.54, 1.807) is 6.07 Å². The molecule has 2 rings (SSSR count). The van der Waals surface area contributed by atoms with E-state index in [0.717, 1.165) is 5.69 Å². The zero-order valence-corrected chi connectivity index (χ0v) is 9.24. The van der Waals surface area contributed by atoms with Gasteiger partial charge in [-0.2, -0.15) is 0 Å². The molecule has 0 aromatic heterocycles. The van der Waals surface area contributed by atoms with Crippen molar-refractivity contribution in [2.75, 3.05) is 5.32 Å². The predicted molar refractivity (Wildman–Crippen MR) is 62.8 cm³/mol. The normalized spacial score (nSPS) is 11.1. The van der Waals surface area contributed by atoms with Gasteiger partial charge in [0, 0.05) is 17.4 Å². The van der Waals surface area contributed by atoms with E-state index in [2.05, 4.69) is 10.1 Å². The summed E-state index contributed by atoms with van der Waals surface area (Å²) in [5, 5.41) is 2.98. The van der Waals surface area contributed by atoms with Gasteiger partial charge in [-0.05, 0) is 24.3 Å². The van der Waals surface area contributed by atoms with Crippen molar-refractivity contribution in [2.24, 2.45) is 0 Å². The Morgan fingerprint density at radius 3 is 2.17 bits per heavy atom. The molecule has 0 heterocycles. The predicted octanol–water partition coefficient (Wildman–Crippen LogP) is 4.33. The standard InChI is InChI=1S/C13H10F3NO/c14-13(15,16)18-12-8-4-7-11(9-12)17-10-5-2-1-3-6-10/h1-9,17H. The Kier molecular flexibility index (Phi) is 3.41. The van der Waals surface area contributed by atoms with E-state index < -0.39 is 6.36 Å². The van der Waals surface area contributed by atoms with Crippen LogP contribution in [0.1, 0.15) is 0 Å². The highest BCUT2D eigenvalue weighted by Gasteiger charge is 2.31. The highest BCUT2D eigenvalue weighted by molar-refractivity contribution is 5.60. The highest BCUT2D eigenvalue weighted by Crippen LogP contribution is 2.26. The number of hydrogen-bond acceptors (Lipinski definition) is 2. The molecule has 0 saturated carbocycles. The highest BCUT2D eigenvalue weighted by atomic mass is 19.4. The van der Waals surface area contributed by atoms with Crippen molar-refractivity contribution < 1.29 is 17.9 Å². The molecule has 0 spiro atoms. The van der Waals surface area contributed by atoms with E-state index in [0.29, 0.717) is 5.69 Å². The van der Waals surface area contributed by atoms with Crippen LogP contribution >= 0.6 is 0 Å². The van der Waals surface area contributed by atoms with Gasteiger partial charge in [0.05, 0.1) is 0 Å². The molecule has 5 heteroatoms. The number of ether oxygens (including phenoxy) is 1. The SMILES string of the molecule is FC(F)(F)Oc1cccc(Nc2ccccc2)c1. The molecule has 0 fully saturated rings. The Labute approximate surface area is 102 Å². The molecule has 0 aliphatic heterocycles. The van der Waals surface area contributed by atoms with Crippen molar-refractivity contribution in [1.82, 2.24) is 0 Å². The van der Waals surface area contributed by atoms with Gasteiger partial charge in [0.15, 0.2) is 0 Å². The van der Waals surface area contributed by atoms with E-state index in [1.807, 2.05) is 30.3 Å². The van der Waals surface area contributed by atoms with Crippen molar-refractivity contribution >= 4 is 11.4 Å². The maximum absolute atomic E-state index is 12.1. The van der Waals surface area contributed by atoms with Crippen LogP contribution in [0.5, 0.6) is 5.75 Å². The van der Waals surface area contributed by atoms with Crippen LogP contribution in [0.2, 0.25) is 0 Å². The zero-order valence-electron chi connectivity index (χ0n) is 9.24. The lowest BCUT2D eigenvalue weighted by molar-refractivity contribution is -0.274. The molecule has 0 amide bonds. The molecule has 0 atom stereocenters. The van der Waals surface area contributed by atoms with Gasteiger partial charge >= 0.3 is 6.36 Å². The molecular weight excluding hydrogens is 243 g/mol. The van der Waals surface area contributed by atoms with Crippen molar-refractivity contribution in [1.29, 1.82) is 0 Å². The number of rotatable bonds is 3. The van der Waals surface area contributed by atoms with Gasteiger partial charge < -0.3 is 10.1 Å². The topological polar surface area (TPSA) is 21.3 Å². The van der Waals surface area contributed by atoms with Crippen LogP contribution in [0.25, 0.3) is 0 Å². The third kappa shape index (κ3) is 3.69. The molecule has 94 valence electrons. The maximum Gasteiger partial charge on any atom is 0.573 e. The molecular formula is C13H10F3NO. The molecule has 0 radical (unpaired) electrons. The maximum atomic E-state index is 12.1. The molecule has 0 bridgehead atoms. The smallest absolute Gasteiger partial charge is 0.406 e. The Bertz CT molecular complexity index is 511. The number of anilines is 2. The number of benzene rings is 2. The summed E-state index contributed by atoms with van der Waals surface area (Å²) in [6.07, 6.45) is -4.68. The van der Waals surface area contributed by atoms with Crippen LogP contribution in [0.3, 0.4) is 0 Å². The summed E-state index contributed by atoms with van der Waals surface area (Å²) in [6, 6.07) is 14.9. The fourth-order valence-electron chi connectivity index (χ4n) is 1.46. The Morgan fingerprint density at radius 2 is 1.50 bits per heavy atom. The van der Waals surface area contributed by atoms with Gasteiger partial charge in [0.25, 0.3) is 0 Å². The quantitative estimate of drug-likeness (QED) is 0.879. The molecule has 0 aliphatic carbocycles. The van der Waals surface area contributed by atoms with E-state index in [1.165, 1.54) is 18.2 Å². The Balaban J connectivity index is 2.13. The lowest BCUT2D eigenvalue weighted by atomic mass is 10.2. The van der Waals surface area contributed by atoms with E-state index in [4.69, 9.17) is 0 Å². The molecule has 0 aliphatic rings. The van der Waals surface area contributed by atoms with Gasteiger partial charge in [0.2, 0.25) is 0 Å². The lowest BCUT2D eigenvalue weighted by Gasteiger charge is -2.11. The molecule has 0 unspecified atom stereocenters.